The molecule has 1 heterocycles. The summed E-state index contributed by atoms with van der Waals surface area (Å²) in [5.41, 5.74) is 1.17. The van der Waals surface area contributed by atoms with E-state index in [2.05, 4.69) is 41.2 Å². The van der Waals surface area contributed by atoms with Crippen molar-refractivity contribution in [3.63, 3.8) is 0 Å². The van der Waals surface area contributed by atoms with Gasteiger partial charge in [-0.1, -0.05) is 0 Å². The number of morpholine rings is 1. The summed E-state index contributed by atoms with van der Waals surface area (Å²) >= 11 is 1.76. The molecule has 1 aliphatic heterocycles. The summed E-state index contributed by atoms with van der Waals surface area (Å²) in [6, 6.07) is 8.94. The first-order valence-electron chi connectivity index (χ1n) is 5.57. The predicted octanol–water partition coefficient (Wildman–Crippen LogP) is 1.81. The number of benzene rings is 1. The van der Waals surface area contributed by atoms with E-state index in [1.54, 1.807) is 11.8 Å². The monoisotopic (exact) mass is 238 g/mol. The minimum Gasteiger partial charge on any atom is -0.383 e. The molecule has 1 saturated heterocycles. The molecule has 2 rings (SSSR count). The number of rotatable bonds is 4. The molecule has 0 radical (unpaired) electrons. The van der Waals surface area contributed by atoms with Gasteiger partial charge in [-0.15, -0.1) is 11.8 Å². The molecule has 0 aromatic heterocycles. The Balaban J connectivity index is 1.79. The quantitative estimate of drug-likeness (QED) is 0.784. The van der Waals surface area contributed by atoms with E-state index < -0.39 is 0 Å². The van der Waals surface area contributed by atoms with Crippen LogP contribution in [0.3, 0.4) is 0 Å². The van der Waals surface area contributed by atoms with Crippen molar-refractivity contribution >= 4 is 17.4 Å². The van der Waals surface area contributed by atoms with Crippen LogP contribution in [0.5, 0.6) is 0 Å². The van der Waals surface area contributed by atoms with Gasteiger partial charge in [0.05, 0.1) is 13.2 Å². The summed E-state index contributed by atoms with van der Waals surface area (Å²) in [6.45, 7) is 3.51. The smallest absolute Gasteiger partial charge is 0.0637 e. The zero-order valence-electron chi connectivity index (χ0n) is 9.53. The van der Waals surface area contributed by atoms with Gasteiger partial charge in [0.2, 0.25) is 0 Å². The SMILES string of the molecule is CSc1ccc(NCC2COCCN2)cc1. The number of nitrogens with one attached hydrogen (secondary N) is 2. The predicted molar refractivity (Wildman–Crippen MR) is 69.3 cm³/mol. The van der Waals surface area contributed by atoms with E-state index >= 15 is 0 Å². The third-order valence-corrected chi connectivity index (χ3v) is 3.38. The van der Waals surface area contributed by atoms with Gasteiger partial charge in [0.15, 0.2) is 0 Å². The average molecular weight is 238 g/mol. The van der Waals surface area contributed by atoms with Crippen LogP contribution < -0.4 is 10.6 Å². The lowest BCUT2D eigenvalue weighted by molar-refractivity contribution is 0.0806. The van der Waals surface area contributed by atoms with E-state index in [-0.39, 0.29) is 0 Å². The number of thioether (sulfide) groups is 1. The molecular formula is C12H18N2OS. The van der Waals surface area contributed by atoms with Gasteiger partial charge >= 0.3 is 0 Å². The number of anilines is 1. The molecule has 1 fully saturated rings. The van der Waals surface area contributed by atoms with Crippen molar-refractivity contribution in [2.75, 3.05) is 37.9 Å². The Bertz CT molecular complexity index is 309. The third-order valence-electron chi connectivity index (χ3n) is 2.64. The maximum atomic E-state index is 5.40. The second-order valence-electron chi connectivity index (χ2n) is 3.84. The molecule has 1 aromatic rings. The first kappa shape index (κ1) is 11.8. The van der Waals surface area contributed by atoms with E-state index in [0.29, 0.717) is 6.04 Å². The van der Waals surface area contributed by atoms with Crippen molar-refractivity contribution in [3.05, 3.63) is 24.3 Å². The average Bonchev–Trinajstić information content (AvgIpc) is 2.38. The normalized spacial score (nSPS) is 20.7. The van der Waals surface area contributed by atoms with Gasteiger partial charge in [0, 0.05) is 29.7 Å². The molecule has 1 atom stereocenters. The lowest BCUT2D eigenvalue weighted by Gasteiger charge is -2.24. The highest BCUT2D eigenvalue weighted by molar-refractivity contribution is 7.98. The molecule has 3 nitrogen and oxygen atoms in total. The summed E-state index contributed by atoms with van der Waals surface area (Å²) in [7, 11) is 0. The van der Waals surface area contributed by atoms with Gasteiger partial charge in [-0.2, -0.15) is 0 Å². The van der Waals surface area contributed by atoms with Crippen molar-refractivity contribution in [3.8, 4) is 0 Å². The maximum Gasteiger partial charge on any atom is 0.0637 e. The molecule has 1 aliphatic rings. The molecule has 88 valence electrons. The molecular weight excluding hydrogens is 220 g/mol. The molecule has 4 heteroatoms. The minimum absolute atomic E-state index is 0.425. The Morgan fingerprint density at radius 3 is 2.88 bits per heavy atom. The van der Waals surface area contributed by atoms with E-state index in [4.69, 9.17) is 4.74 Å². The molecule has 0 aliphatic carbocycles. The molecule has 0 amide bonds. The van der Waals surface area contributed by atoms with Crippen molar-refractivity contribution in [1.29, 1.82) is 0 Å². The van der Waals surface area contributed by atoms with Crippen molar-refractivity contribution in [2.45, 2.75) is 10.9 Å². The van der Waals surface area contributed by atoms with Crippen LogP contribution in [0.25, 0.3) is 0 Å². The Kier molecular flexibility index (Phi) is 4.51. The summed E-state index contributed by atoms with van der Waals surface area (Å²) < 4.78 is 5.40. The topological polar surface area (TPSA) is 33.3 Å². The van der Waals surface area contributed by atoms with Crippen LogP contribution in [-0.4, -0.2) is 38.6 Å². The highest BCUT2D eigenvalue weighted by Crippen LogP contribution is 2.17. The molecule has 1 aromatic carbocycles. The van der Waals surface area contributed by atoms with Crippen LogP contribution >= 0.6 is 11.8 Å². The number of ether oxygens (including phenoxy) is 1. The Morgan fingerprint density at radius 1 is 1.44 bits per heavy atom. The molecule has 0 bridgehead atoms. The first-order chi connectivity index (χ1) is 7.88. The fourth-order valence-electron chi connectivity index (χ4n) is 1.70. The van der Waals surface area contributed by atoms with Crippen LogP contribution in [0.15, 0.2) is 29.2 Å². The fourth-order valence-corrected chi connectivity index (χ4v) is 2.11. The Labute approximate surface area is 101 Å². The lowest BCUT2D eigenvalue weighted by atomic mass is 10.2. The Hall–Kier alpha value is -0.710. The van der Waals surface area contributed by atoms with E-state index in [1.807, 2.05) is 0 Å². The third kappa shape index (κ3) is 3.40. The summed E-state index contributed by atoms with van der Waals surface area (Å²) in [6.07, 6.45) is 2.09. The van der Waals surface area contributed by atoms with Crippen LogP contribution in [0.4, 0.5) is 5.69 Å². The molecule has 2 N–H and O–H groups in total. The maximum absolute atomic E-state index is 5.40. The second-order valence-corrected chi connectivity index (χ2v) is 4.72. The second kappa shape index (κ2) is 6.13. The first-order valence-corrected chi connectivity index (χ1v) is 6.80. The lowest BCUT2D eigenvalue weighted by Crippen LogP contribution is -2.45. The van der Waals surface area contributed by atoms with E-state index in [0.717, 1.165) is 26.3 Å². The van der Waals surface area contributed by atoms with E-state index in [9.17, 15) is 0 Å². The van der Waals surface area contributed by atoms with Crippen molar-refractivity contribution in [1.82, 2.24) is 5.32 Å². The molecule has 16 heavy (non-hydrogen) atoms. The molecule has 0 saturated carbocycles. The van der Waals surface area contributed by atoms with Gasteiger partial charge in [-0.25, -0.2) is 0 Å². The van der Waals surface area contributed by atoms with Crippen molar-refractivity contribution in [2.24, 2.45) is 0 Å². The number of hydrogen-bond acceptors (Lipinski definition) is 4. The van der Waals surface area contributed by atoms with Gasteiger partial charge in [-0.05, 0) is 30.5 Å². The standard InChI is InChI=1S/C12H18N2OS/c1-16-12-4-2-10(3-5-12)14-8-11-9-15-7-6-13-11/h2-5,11,13-14H,6-9H2,1H3. The minimum atomic E-state index is 0.425. The van der Waals surface area contributed by atoms with Gasteiger partial charge in [0.25, 0.3) is 0 Å². The van der Waals surface area contributed by atoms with Gasteiger partial charge in [0.1, 0.15) is 0 Å². The highest BCUT2D eigenvalue weighted by Gasteiger charge is 2.11. The largest absolute Gasteiger partial charge is 0.383 e. The van der Waals surface area contributed by atoms with Crippen LogP contribution in [0, 0.1) is 0 Å². The van der Waals surface area contributed by atoms with E-state index in [1.165, 1.54) is 10.6 Å². The summed E-state index contributed by atoms with van der Waals surface area (Å²) in [5, 5.41) is 6.83. The van der Waals surface area contributed by atoms with Crippen LogP contribution in [-0.2, 0) is 4.74 Å². The Morgan fingerprint density at radius 2 is 2.25 bits per heavy atom. The van der Waals surface area contributed by atoms with Crippen LogP contribution in [0.2, 0.25) is 0 Å². The zero-order chi connectivity index (χ0) is 11.2. The highest BCUT2D eigenvalue weighted by atomic mass is 32.2. The van der Waals surface area contributed by atoms with Crippen molar-refractivity contribution < 1.29 is 4.74 Å². The molecule has 1 unspecified atom stereocenters. The summed E-state index contributed by atoms with van der Waals surface area (Å²) in [5.74, 6) is 0. The van der Waals surface area contributed by atoms with Crippen LogP contribution in [0.1, 0.15) is 0 Å². The van der Waals surface area contributed by atoms with Gasteiger partial charge in [-0.3, -0.25) is 0 Å². The number of hydrogen-bond donors (Lipinski definition) is 2. The zero-order valence-corrected chi connectivity index (χ0v) is 10.3. The van der Waals surface area contributed by atoms with Gasteiger partial charge < -0.3 is 15.4 Å². The fraction of sp³-hybridized carbons (Fsp3) is 0.500. The molecule has 0 spiro atoms. The summed E-state index contributed by atoms with van der Waals surface area (Å²) in [4.78, 5) is 1.30.